The molecule has 20 heavy (non-hydrogen) atoms. The predicted octanol–water partition coefficient (Wildman–Crippen LogP) is 5.20. The molecule has 0 amide bonds. The molecule has 0 saturated carbocycles. The zero-order valence-electron chi connectivity index (χ0n) is 12.4. The molecule has 0 spiro atoms. The lowest BCUT2D eigenvalue weighted by molar-refractivity contribution is 0.905. The van der Waals surface area contributed by atoms with Crippen molar-refractivity contribution < 1.29 is 0 Å². The van der Waals surface area contributed by atoms with Crippen molar-refractivity contribution in [1.29, 1.82) is 0 Å². The average Bonchev–Trinajstić information content (AvgIpc) is 2.87. The Balaban J connectivity index is 2.22. The van der Waals surface area contributed by atoms with E-state index in [1.165, 1.54) is 9.75 Å². The number of rotatable bonds is 5. The molecule has 0 fully saturated rings. The molecule has 4 heteroatoms. The number of hydrogen-bond donors (Lipinski definition) is 1. The Morgan fingerprint density at radius 2 is 2.00 bits per heavy atom. The van der Waals surface area contributed by atoms with Gasteiger partial charge in [-0.05, 0) is 43.7 Å². The van der Waals surface area contributed by atoms with Crippen molar-refractivity contribution in [2.24, 2.45) is 0 Å². The van der Waals surface area contributed by atoms with E-state index in [1.807, 2.05) is 43.6 Å². The van der Waals surface area contributed by atoms with Gasteiger partial charge in [0.1, 0.15) is 0 Å². The molecule has 1 unspecified atom stereocenters. The molecule has 0 radical (unpaired) electrons. The molecule has 0 aliphatic rings. The summed E-state index contributed by atoms with van der Waals surface area (Å²) in [7, 11) is 4.08. The quantitative estimate of drug-likeness (QED) is 0.816. The third kappa shape index (κ3) is 3.47. The second-order valence-corrected chi connectivity index (χ2v) is 6.72. The van der Waals surface area contributed by atoms with Crippen molar-refractivity contribution in [3.63, 3.8) is 0 Å². The summed E-state index contributed by atoms with van der Waals surface area (Å²) in [6.07, 6.45) is 1.09. The zero-order chi connectivity index (χ0) is 14.7. The highest BCUT2D eigenvalue weighted by atomic mass is 35.5. The maximum atomic E-state index is 6.12. The Morgan fingerprint density at radius 1 is 1.25 bits per heavy atom. The van der Waals surface area contributed by atoms with Crippen LogP contribution in [0.25, 0.3) is 0 Å². The number of halogens is 1. The van der Waals surface area contributed by atoms with Crippen LogP contribution in [0.4, 0.5) is 11.4 Å². The number of hydrogen-bond acceptors (Lipinski definition) is 3. The number of aryl methyl sites for hydroxylation is 1. The van der Waals surface area contributed by atoms with E-state index < -0.39 is 0 Å². The highest BCUT2D eigenvalue weighted by Gasteiger charge is 2.12. The monoisotopic (exact) mass is 308 g/mol. The van der Waals surface area contributed by atoms with Crippen LogP contribution in [-0.2, 0) is 6.42 Å². The summed E-state index contributed by atoms with van der Waals surface area (Å²) in [4.78, 5) is 4.87. The van der Waals surface area contributed by atoms with Gasteiger partial charge in [0.25, 0.3) is 0 Å². The minimum atomic E-state index is 0.275. The van der Waals surface area contributed by atoms with Gasteiger partial charge in [-0.1, -0.05) is 18.5 Å². The van der Waals surface area contributed by atoms with Crippen molar-refractivity contribution >= 4 is 34.3 Å². The van der Waals surface area contributed by atoms with Gasteiger partial charge in [-0.25, -0.2) is 0 Å². The lowest BCUT2D eigenvalue weighted by Gasteiger charge is -2.21. The SMILES string of the molecule is CCc1ccc(C(C)Nc2cc(Cl)ccc2N(C)C)s1. The summed E-state index contributed by atoms with van der Waals surface area (Å²) in [6.45, 7) is 4.38. The molecule has 1 heterocycles. The minimum Gasteiger partial charge on any atom is -0.376 e. The Labute approximate surface area is 130 Å². The molecule has 1 atom stereocenters. The minimum absolute atomic E-state index is 0.275. The number of nitrogens with one attached hydrogen (secondary N) is 1. The lowest BCUT2D eigenvalue weighted by atomic mass is 10.2. The van der Waals surface area contributed by atoms with Crippen LogP contribution in [-0.4, -0.2) is 14.1 Å². The number of benzene rings is 1. The van der Waals surface area contributed by atoms with Gasteiger partial charge in [0, 0.05) is 28.9 Å². The first-order chi connectivity index (χ1) is 9.51. The van der Waals surface area contributed by atoms with Gasteiger partial charge in [-0.15, -0.1) is 11.3 Å². The highest BCUT2D eigenvalue weighted by Crippen LogP contribution is 2.32. The van der Waals surface area contributed by atoms with Gasteiger partial charge >= 0.3 is 0 Å². The van der Waals surface area contributed by atoms with E-state index in [2.05, 4.69) is 36.2 Å². The van der Waals surface area contributed by atoms with E-state index >= 15 is 0 Å². The van der Waals surface area contributed by atoms with Crippen molar-refractivity contribution in [2.45, 2.75) is 26.3 Å². The summed E-state index contributed by atoms with van der Waals surface area (Å²) in [5.74, 6) is 0. The third-order valence-electron chi connectivity index (χ3n) is 3.27. The topological polar surface area (TPSA) is 15.3 Å². The molecule has 0 aliphatic heterocycles. The maximum Gasteiger partial charge on any atom is 0.0598 e. The molecule has 0 bridgehead atoms. The van der Waals surface area contributed by atoms with Gasteiger partial charge in [-0.3, -0.25) is 0 Å². The van der Waals surface area contributed by atoms with E-state index in [4.69, 9.17) is 11.6 Å². The van der Waals surface area contributed by atoms with Crippen LogP contribution >= 0.6 is 22.9 Å². The summed E-state index contributed by atoms with van der Waals surface area (Å²) in [5, 5.41) is 4.33. The van der Waals surface area contributed by atoms with Crippen LogP contribution < -0.4 is 10.2 Å². The summed E-state index contributed by atoms with van der Waals surface area (Å²) < 4.78 is 0. The molecule has 2 nitrogen and oxygen atoms in total. The molecule has 108 valence electrons. The first kappa shape index (κ1) is 15.2. The van der Waals surface area contributed by atoms with Crippen LogP contribution in [0.5, 0.6) is 0 Å². The Morgan fingerprint density at radius 3 is 2.60 bits per heavy atom. The van der Waals surface area contributed by atoms with Crippen molar-refractivity contribution in [1.82, 2.24) is 0 Å². The van der Waals surface area contributed by atoms with Crippen LogP contribution in [0.3, 0.4) is 0 Å². The summed E-state index contributed by atoms with van der Waals surface area (Å²) in [6, 6.07) is 10.7. The fraction of sp³-hybridized carbons (Fsp3) is 0.375. The van der Waals surface area contributed by atoms with Gasteiger partial charge in [0.05, 0.1) is 17.4 Å². The highest BCUT2D eigenvalue weighted by molar-refractivity contribution is 7.12. The van der Waals surface area contributed by atoms with Crippen molar-refractivity contribution in [2.75, 3.05) is 24.3 Å². The number of thiophene rings is 1. The zero-order valence-corrected chi connectivity index (χ0v) is 14.0. The van der Waals surface area contributed by atoms with E-state index in [0.717, 1.165) is 22.8 Å². The van der Waals surface area contributed by atoms with Gasteiger partial charge < -0.3 is 10.2 Å². The first-order valence-electron chi connectivity index (χ1n) is 6.83. The van der Waals surface area contributed by atoms with E-state index in [-0.39, 0.29) is 6.04 Å². The Kier molecular flexibility index (Phi) is 4.95. The number of nitrogens with zero attached hydrogens (tertiary/aromatic N) is 1. The molecule has 1 N–H and O–H groups in total. The van der Waals surface area contributed by atoms with Gasteiger partial charge in [0.15, 0.2) is 0 Å². The molecule has 0 aliphatic carbocycles. The van der Waals surface area contributed by atoms with E-state index in [9.17, 15) is 0 Å². The van der Waals surface area contributed by atoms with Crippen LogP contribution in [0.2, 0.25) is 5.02 Å². The standard InChI is InChI=1S/C16H21ClN2S/c1-5-13-7-9-16(20-13)11(2)18-14-10-12(17)6-8-15(14)19(3)4/h6-11,18H,5H2,1-4H3. The molecule has 1 aromatic carbocycles. The Bertz CT molecular complexity index is 578. The van der Waals surface area contributed by atoms with Crippen LogP contribution in [0.1, 0.15) is 29.6 Å². The fourth-order valence-electron chi connectivity index (χ4n) is 2.14. The van der Waals surface area contributed by atoms with E-state index in [1.54, 1.807) is 0 Å². The average molecular weight is 309 g/mol. The Hall–Kier alpha value is -1.19. The van der Waals surface area contributed by atoms with Crippen molar-refractivity contribution in [3.05, 3.63) is 45.1 Å². The molecule has 0 saturated heterocycles. The summed E-state index contributed by atoms with van der Waals surface area (Å²) >= 11 is 7.99. The predicted molar refractivity (Wildman–Crippen MR) is 91.5 cm³/mol. The fourth-order valence-corrected chi connectivity index (χ4v) is 3.26. The van der Waals surface area contributed by atoms with E-state index in [0.29, 0.717) is 0 Å². The molecule has 1 aromatic heterocycles. The summed E-state index contributed by atoms with van der Waals surface area (Å²) in [5.41, 5.74) is 2.22. The molecule has 2 aromatic rings. The molecular formula is C16H21ClN2S. The van der Waals surface area contributed by atoms with Gasteiger partial charge in [0.2, 0.25) is 0 Å². The van der Waals surface area contributed by atoms with Crippen molar-refractivity contribution in [3.8, 4) is 0 Å². The second-order valence-electron chi connectivity index (χ2n) is 5.08. The molecule has 2 rings (SSSR count). The van der Waals surface area contributed by atoms with Crippen LogP contribution in [0, 0.1) is 0 Å². The normalized spacial score (nSPS) is 12.2. The van der Waals surface area contributed by atoms with Gasteiger partial charge in [-0.2, -0.15) is 0 Å². The lowest BCUT2D eigenvalue weighted by Crippen LogP contribution is -2.13. The van der Waals surface area contributed by atoms with Crippen LogP contribution in [0.15, 0.2) is 30.3 Å². The first-order valence-corrected chi connectivity index (χ1v) is 8.02. The second kappa shape index (κ2) is 6.51. The maximum absolute atomic E-state index is 6.12. The third-order valence-corrected chi connectivity index (χ3v) is 4.92. The largest absolute Gasteiger partial charge is 0.376 e. The molecular weight excluding hydrogens is 288 g/mol. The number of anilines is 2. The smallest absolute Gasteiger partial charge is 0.0598 e.